The standard InChI is InChI=1S/C16H25NO2.ClH/c1-13-7-6-8-14(2)17(13)11-15(18)12-19-16-9-4-3-5-10-16;/h3-5,9-10,13-15,18H,6-8,11-12H2,1-2H3;1H. The third-order valence-electron chi connectivity index (χ3n) is 3.98. The number of likely N-dealkylation sites (tertiary alicyclic amines) is 1. The van der Waals surface area contributed by atoms with E-state index in [1.807, 2.05) is 30.3 Å². The average molecular weight is 300 g/mol. The first-order chi connectivity index (χ1) is 9.16. The van der Waals surface area contributed by atoms with E-state index in [-0.39, 0.29) is 12.4 Å². The largest absolute Gasteiger partial charge is 0.491 e. The van der Waals surface area contributed by atoms with Crippen LogP contribution in [0.3, 0.4) is 0 Å². The van der Waals surface area contributed by atoms with E-state index in [9.17, 15) is 5.11 Å². The van der Waals surface area contributed by atoms with Gasteiger partial charge in [-0.15, -0.1) is 12.4 Å². The maximum Gasteiger partial charge on any atom is 0.119 e. The fourth-order valence-corrected chi connectivity index (χ4v) is 2.84. The predicted octanol–water partition coefficient (Wildman–Crippen LogP) is 3.11. The SMILES string of the molecule is CC1CCCC(C)N1CC(O)COc1ccccc1.Cl. The number of aliphatic hydroxyl groups is 1. The number of aliphatic hydroxyl groups excluding tert-OH is 1. The summed E-state index contributed by atoms with van der Waals surface area (Å²) in [6, 6.07) is 10.8. The molecule has 1 aliphatic heterocycles. The number of hydrogen-bond donors (Lipinski definition) is 1. The fraction of sp³-hybridized carbons (Fsp3) is 0.625. The van der Waals surface area contributed by atoms with Crippen molar-refractivity contribution in [3.63, 3.8) is 0 Å². The number of piperidine rings is 1. The van der Waals surface area contributed by atoms with E-state index in [4.69, 9.17) is 4.74 Å². The van der Waals surface area contributed by atoms with Crippen LogP contribution in [0, 0.1) is 0 Å². The van der Waals surface area contributed by atoms with Gasteiger partial charge in [0.05, 0.1) is 0 Å². The molecule has 1 saturated heterocycles. The summed E-state index contributed by atoms with van der Waals surface area (Å²) >= 11 is 0. The summed E-state index contributed by atoms with van der Waals surface area (Å²) in [4.78, 5) is 2.41. The van der Waals surface area contributed by atoms with Gasteiger partial charge in [-0.2, -0.15) is 0 Å². The Hall–Kier alpha value is -0.770. The molecule has 20 heavy (non-hydrogen) atoms. The summed E-state index contributed by atoms with van der Waals surface area (Å²) in [6.07, 6.45) is 3.34. The molecule has 0 saturated carbocycles. The Bertz CT molecular complexity index is 364. The van der Waals surface area contributed by atoms with Crippen LogP contribution in [0.2, 0.25) is 0 Å². The van der Waals surface area contributed by atoms with Gasteiger partial charge < -0.3 is 9.84 Å². The molecule has 0 amide bonds. The van der Waals surface area contributed by atoms with Gasteiger partial charge in [0, 0.05) is 18.6 Å². The number of rotatable bonds is 5. The molecule has 0 spiro atoms. The number of benzene rings is 1. The van der Waals surface area contributed by atoms with E-state index in [1.165, 1.54) is 19.3 Å². The third-order valence-corrected chi connectivity index (χ3v) is 3.98. The lowest BCUT2D eigenvalue weighted by atomic mass is 9.97. The van der Waals surface area contributed by atoms with Gasteiger partial charge in [0.25, 0.3) is 0 Å². The first-order valence-corrected chi connectivity index (χ1v) is 7.28. The molecule has 0 aliphatic carbocycles. The number of halogens is 1. The van der Waals surface area contributed by atoms with Crippen LogP contribution in [0.5, 0.6) is 5.75 Å². The second-order valence-corrected chi connectivity index (χ2v) is 5.60. The lowest BCUT2D eigenvalue weighted by Gasteiger charge is -2.40. The Morgan fingerprint density at radius 3 is 2.40 bits per heavy atom. The smallest absolute Gasteiger partial charge is 0.119 e. The molecule has 1 fully saturated rings. The lowest BCUT2D eigenvalue weighted by molar-refractivity contribution is 0.0209. The van der Waals surface area contributed by atoms with E-state index < -0.39 is 6.10 Å². The van der Waals surface area contributed by atoms with Crippen LogP contribution in [-0.4, -0.2) is 41.3 Å². The van der Waals surface area contributed by atoms with Crippen molar-refractivity contribution in [2.75, 3.05) is 13.2 Å². The molecule has 1 N–H and O–H groups in total. The molecule has 0 bridgehead atoms. The van der Waals surface area contributed by atoms with Gasteiger partial charge in [0.2, 0.25) is 0 Å². The zero-order chi connectivity index (χ0) is 13.7. The van der Waals surface area contributed by atoms with Gasteiger partial charge in [0.15, 0.2) is 0 Å². The van der Waals surface area contributed by atoms with Crippen molar-refractivity contribution < 1.29 is 9.84 Å². The quantitative estimate of drug-likeness (QED) is 0.907. The molecular formula is C16H26ClNO2. The second-order valence-electron chi connectivity index (χ2n) is 5.60. The van der Waals surface area contributed by atoms with Gasteiger partial charge in [-0.05, 0) is 38.8 Å². The summed E-state index contributed by atoms with van der Waals surface area (Å²) in [5, 5.41) is 10.1. The first-order valence-electron chi connectivity index (χ1n) is 7.28. The number of β-amino-alcohol motifs (C(OH)–C–C–N with tert-alkyl or cyclic N) is 1. The molecule has 3 nitrogen and oxygen atoms in total. The summed E-state index contributed by atoms with van der Waals surface area (Å²) < 4.78 is 5.60. The minimum atomic E-state index is -0.428. The molecule has 114 valence electrons. The lowest BCUT2D eigenvalue weighted by Crippen LogP contribution is -2.48. The maximum absolute atomic E-state index is 10.1. The Labute approximate surface area is 128 Å². The van der Waals surface area contributed by atoms with Gasteiger partial charge in [-0.3, -0.25) is 4.90 Å². The van der Waals surface area contributed by atoms with Crippen molar-refractivity contribution in [2.45, 2.75) is 51.3 Å². The Morgan fingerprint density at radius 2 is 1.80 bits per heavy atom. The van der Waals surface area contributed by atoms with Crippen LogP contribution in [0.25, 0.3) is 0 Å². The highest BCUT2D eigenvalue weighted by molar-refractivity contribution is 5.85. The van der Waals surface area contributed by atoms with Crippen LogP contribution >= 0.6 is 12.4 Å². The minimum Gasteiger partial charge on any atom is -0.491 e. The summed E-state index contributed by atoms with van der Waals surface area (Å²) in [6.45, 7) is 5.57. The molecule has 1 aromatic rings. The van der Waals surface area contributed by atoms with Gasteiger partial charge in [0.1, 0.15) is 18.5 Å². The zero-order valence-corrected chi connectivity index (χ0v) is 13.2. The van der Waals surface area contributed by atoms with Crippen molar-refractivity contribution in [3.05, 3.63) is 30.3 Å². The molecule has 0 aromatic heterocycles. The van der Waals surface area contributed by atoms with Crippen molar-refractivity contribution in [3.8, 4) is 5.75 Å². The Balaban J connectivity index is 0.00000200. The Morgan fingerprint density at radius 1 is 1.20 bits per heavy atom. The predicted molar refractivity (Wildman–Crippen MR) is 84.7 cm³/mol. The molecule has 3 unspecified atom stereocenters. The topological polar surface area (TPSA) is 32.7 Å². The van der Waals surface area contributed by atoms with Crippen LogP contribution < -0.4 is 4.74 Å². The van der Waals surface area contributed by atoms with Crippen molar-refractivity contribution in [2.24, 2.45) is 0 Å². The summed E-state index contributed by atoms with van der Waals surface area (Å²) in [5.74, 6) is 0.821. The molecule has 0 radical (unpaired) electrons. The van der Waals surface area contributed by atoms with E-state index in [0.717, 1.165) is 5.75 Å². The molecule has 1 aliphatic rings. The highest BCUT2D eigenvalue weighted by atomic mass is 35.5. The molecule has 4 heteroatoms. The average Bonchev–Trinajstić information content (AvgIpc) is 2.42. The molecular weight excluding hydrogens is 274 g/mol. The van der Waals surface area contributed by atoms with E-state index in [1.54, 1.807) is 0 Å². The first kappa shape index (κ1) is 17.3. The minimum absolute atomic E-state index is 0. The molecule has 3 atom stereocenters. The van der Waals surface area contributed by atoms with Gasteiger partial charge in [-0.1, -0.05) is 24.6 Å². The van der Waals surface area contributed by atoms with Gasteiger partial charge >= 0.3 is 0 Å². The van der Waals surface area contributed by atoms with Crippen LogP contribution in [-0.2, 0) is 0 Å². The summed E-state index contributed by atoms with van der Waals surface area (Å²) in [7, 11) is 0. The van der Waals surface area contributed by atoms with Crippen LogP contribution in [0.15, 0.2) is 30.3 Å². The normalized spacial score (nSPS) is 24.8. The van der Waals surface area contributed by atoms with E-state index in [0.29, 0.717) is 25.2 Å². The highest BCUT2D eigenvalue weighted by Gasteiger charge is 2.26. The van der Waals surface area contributed by atoms with Crippen molar-refractivity contribution >= 4 is 12.4 Å². The zero-order valence-electron chi connectivity index (χ0n) is 12.4. The number of ether oxygens (including phenoxy) is 1. The van der Waals surface area contributed by atoms with Crippen LogP contribution in [0.4, 0.5) is 0 Å². The Kier molecular flexibility index (Phi) is 7.35. The molecule has 1 heterocycles. The van der Waals surface area contributed by atoms with E-state index in [2.05, 4.69) is 18.7 Å². The third kappa shape index (κ3) is 4.97. The number of nitrogens with zero attached hydrogens (tertiary/aromatic N) is 1. The highest BCUT2D eigenvalue weighted by Crippen LogP contribution is 2.22. The molecule has 2 rings (SSSR count). The second kappa shape index (κ2) is 8.50. The fourth-order valence-electron chi connectivity index (χ4n) is 2.84. The molecule has 1 aromatic carbocycles. The maximum atomic E-state index is 10.1. The monoisotopic (exact) mass is 299 g/mol. The number of para-hydroxylation sites is 1. The van der Waals surface area contributed by atoms with Crippen molar-refractivity contribution in [1.29, 1.82) is 0 Å². The number of hydrogen-bond acceptors (Lipinski definition) is 3. The summed E-state index contributed by atoms with van der Waals surface area (Å²) in [5.41, 5.74) is 0. The van der Waals surface area contributed by atoms with Crippen molar-refractivity contribution in [1.82, 2.24) is 4.90 Å². The van der Waals surface area contributed by atoms with E-state index >= 15 is 0 Å². The van der Waals surface area contributed by atoms with Crippen LogP contribution in [0.1, 0.15) is 33.1 Å². The van der Waals surface area contributed by atoms with Gasteiger partial charge in [-0.25, -0.2) is 0 Å².